The fraction of sp³-hybridized carbons (Fsp3) is 0.800. The summed E-state index contributed by atoms with van der Waals surface area (Å²) in [6.07, 6.45) is 10.8. The van der Waals surface area contributed by atoms with Gasteiger partial charge in [0.1, 0.15) is 6.61 Å². The van der Waals surface area contributed by atoms with Gasteiger partial charge in [0.15, 0.2) is 0 Å². The number of carboxylic acid groups (broad SMARTS) is 1. The van der Waals surface area contributed by atoms with E-state index in [0.29, 0.717) is 53.6 Å². The number of likely N-dealkylation sites (N-methyl/N-ethyl adjacent to an activating group) is 1. The Morgan fingerprint density at radius 1 is 0.936 bits per heavy atom. The first-order chi connectivity index (χ1) is 22.0. The molecule has 7 nitrogen and oxygen atoms in total. The number of nitrogens with zero attached hydrogens (tertiary/aromatic N) is 1. The number of fused-ring (bicyclic) bond motifs is 7. The van der Waals surface area contributed by atoms with Crippen molar-refractivity contribution in [1.82, 2.24) is 10.2 Å². The van der Waals surface area contributed by atoms with Gasteiger partial charge < -0.3 is 25.8 Å². The smallest absolute Gasteiger partial charge is 0.407 e. The molecule has 10 atom stereocenters. The second-order valence-corrected chi connectivity index (χ2v) is 18.3. The molecule has 0 unspecified atom stereocenters. The van der Waals surface area contributed by atoms with E-state index < -0.39 is 5.97 Å². The molecule has 1 aromatic carbocycles. The van der Waals surface area contributed by atoms with Crippen LogP contribution >= 0.6 is 0 Å². The summed E-state index contributed by atoms with van der Waals surface area (Å²) in [5.41, 5.74) is 9.52. The molecule has 0 saturated heterocycles. The molecule has 0 spiro atoms. The number of hydrogen-bond donors (Lipinski definition) is 3. The quantitative estimate of drug-likeness (QED) is 0.277. The Morgan fingerprint density at radius 2 is 1.64 bits per heavy atom. The van der Waals surface area contributed by atoms with E-state index in [9.17, 15) is 14.7 Å². The zero-order valence-electron chi connectivity index (χ0n) is 30.5. The highest BCUT2D eigenvalue weighted by Crippen LogP contribution is 2.74. The van der Waals surface area contributed by atoms with Crippen molar-refractivity contribution >= 4 is 12.1 Å². The van der Waals surface area contributed by atoms with Gasteiger partial charge in [-0.05, 0) is 154 Å². The molecule has 0 aliphatic heterocycles. The molecular weight excluding hydrogens is 586 g/mol. The van der Waals surface area contributed by atoms with Crippen LogP contribution in [0.2, 0.25) is 0 Å². The van der Waals surface area contributed by atoms with Crippen LogP contribution in [0, 0.1) is 51.8 Å². The number of alkyl carbamates (subject to hydrolysis) is 1. The molecule has 5 saturated carbocycles. The van der Waals surface area contributed by atoms with Crippen molar-refractivity contribution in [1.29, 1.82) is 0 Å². The first-order valence-electron chi connectivity index (χ1n) is 18.7. The summed E-state index contributed by atoms with van der Waals surface area (Å²) >= 11 is 0. The van der Waals surface area contributed by atoms with Crippen LogP contribution in [0.3, 0.4) is 0 Å². The van der Waals surface area contributed by atoms with E-state index >= 15 is 0 Å². The standard InChI is InChI=1S/C40H63N3O4/c1-25(2)28-15-20-39(42-35(46)47-24-23-43(7)8)21-22-40(41)30(33(28)39)13-14-32-37(5)18-16-29(26-9-11-27(12-10-26)34(44)45)36(3,4)31(37)17-19-38(32,40)6/h9-12,25,28-33H,13-24,41H2,1-8H3,(H,42,46)(H,44,45)/t28-,29-,30+,31-,32+,33+,37-,38+,39-,40-/m0/s1. The number of carbonyl (C=O) groups is 2. The Bertz CT molecular complexity index is 1340. The van der Waals surface area contributed by atoms with Crippen molar-refractivity contribution in [3.05, 3.63) is 35.4 Å². The number of carbonyl (C=O) groups excluding carboxylic acids is 1. The lowest BCUT2D eigenvalue weighted by Gasteiger charge is -2.72. The Kier molecular flexibility index (Phi) is 8.89. The number of rotatable bonds is 7. The van der Waals surface area contributed by atoms with Crippen molar-refractivity contribution in [2.24, 2.45) is 57.5 Å². The highest BCUT2D eigenvalue weighted by atomic mass is 16.5. The molecule has 0 aromatic heterocycles. The maximum atomic E-state index is 13.3. The van der Waals surface area contributed by atoms with E-state index in [1.807, 2.05) is 19.0 Å². The molecule has 5 fully saturated rings. The van der Waals surface area contributed by atoms with E-state index in [0.717, 1.165) is 51.5 Å². The second-order valence-electron chi connectivity index (χ2n) is 18.3. The van der Waals surface area contributed by atoms with E-state index in [2.05, 4.69) is 59.0 Å². The SMILES string of the molecule is CC(C)[C@@H]1CC[C@]2(NC(=O)OCCN(C)C)CC[C@]3(N)[C@H](CC[C@@H]4[C@@]5(C)CC[C@@H](c6ccc(C(=O)O)cc6)C(C)(C)[C@@H]5CC[C@]43C)[C@@H]12. The number of ether oxygens (including phenoxy) is 1. The fourth-order valence-electron chi connectivity index (χ4n) is 13.3. The van der Waals surface area contributed by atoms with Crippen LogP contribution in [0.15, 0.2) is 24.3 Å². The largest absolute Gasteiger partial charge is 0.478 e. The third-order valence-corrected chi connectivity index (χ3v) is 15.6. The van der Waals surface area contributed by atoms with Gasteiger partial charge in [-0.2, -0.15) is 0 Å². The van der Waals surface area contributed by atoms with E-state index in [4.69, 9.17) is 10.5 Å². The fourth-order valence-corrected chi connectivity index (χ4v) is 13.3. The number of hydrogen-bond acceptors (Lipinski definition) is 5. The monoisotopic (exact) mass is 649 g/mol. The van der Waals surface area contributed by atoms with Gasteiger partial charge in [0.25, 0.3) is 0 Å². The summed E-state index contributed by atoms with van der Waals surface area (Å²) in [4.78, 5) is 26.8. The van der Waals surface area contributed by atoms with E-state index in [1.165, 1.54) is 24.8 Å². The Balaban J connectivity index is 1.27. The molecular formula is C40H63N3O4. The predicted molar refractivity (Wildman–Crippen MR) is 187 cm³/mol. The van der Waals surface area contributed by atoms with Gasteiger partial charge in [0.05, 0.1) is 5.56 Å². The maximum Gasteiger partial charge on any atom is 0.407 e. The Hall–Kier alpha value is -2.12. The van der Waals surface area contributed by atoms with Gasteiger partial charge in [-0.15, -0.1) is 0 Å². The zero-order valence-corrected chi connectivity index (χ0v) is 30.5. The lowest BCUT2D eigenvalue weighted by atomic mass is 9.34. The molecule has 1 aromatic rings. The zero-order chi connectivity index (χ0) is 34.2. The summed E-state index contributed by atoms with van der Waals surface area (Å²) in [6.45, 7) is 16.0. The number of carboxylic acids is 1. The number of aromatic carboxylic acids is 1. The minimum absolute atomic E-state index is 0.0513. The van der Waals surface area contributed by atoms with Crippen molar-refractivity contribution in [2.75, 3.05) is 27.2 Å². The van der Waals surface area contributed by atoms with Crippen molar-refractivity contribution < 1.29 is 19.4 Å². The van der Waals surface area contributed by atoms with Crippen LogP contribution in [0.25, 0.3) is 0 Å². The molecule has 5 aliphatic carbocycles. The van der Waals surface area contributed by atoms with Crippen molar-refractivity contribution in [3.63, 3.8) is 0 Å². The highest BCUT2D eigenvalue weighted by molar-refractivity contribution is 5.87. The summed E-state index contributed by atoms with van der Waals surface area (Å²) in [5.74, 6) is 2.59. The Morgan fingerprint density at radius 3 is 2.28 bits per heavy atom. The molecule has 5 aliphatic rings. The number of nitrogens with two attached hydrogens (primary N) is 1. The second kappa shape index (κ2) is 12.0. The van der Waals surface area contributed by atoms with Crippen LogP contribution in [-0.4, -0.2) is 60.4 Å². The first-order valence-corrected chi connectivity index (χ1v) is 18.7. The minimum Gasteiger partial charge on any atom is -0.478 e. The lowest BCUT2D eigenvalue weighted by Crippen LogP contribution is -2.75. The third kappa shape index (κ3) is 5.36. The van der Waals surface area contributed by atoms with Crippen LogP contribution in [0.4, 0.5) is 4.79 Å². The summed E-state index contributed by atoms with van der Waals surface area (Å²) < 4.78 is 5.72. The highest BCUT2D eigenvalue weighted by Gasteiger charge is 2.71. The predicted octanol–water partition coefficient (Wildman–Crippen LogP) is 7.94. The van der Waals surface area contributed by atoms with Gasteiger partial charge in [-0.25, -0.2) is 9.59 Å². The molecule has 262 valence electrons. The maximum absolute atomic E-state index is 13.3. The average molecular weight is 650 g/mol. The van der Waals surface area contributed by atoms with Gasteiger partial charge in [-0.3, -0.25) is 0 Å². The van der Waals surface area contributed by atoms with Crippen LogP contribution < -0.4 is 11.1 Å². The van der Waals surface area contributed by atoms with Gasteiger partial charge in [0.2, 0.25) is 0 Å². The van der Waals surface area contributed by atoms with E-state index in [-0.39, 0.29) is 33.4 Å². The number of benzene rings is 1. The van der Waals surface area contributed by atoms with Gasteiger partial charge >= 0.3 is 12.1 Å². The third-order valence-electron chi connectivity index (χ3n) is 15.6. The minimum atomic E-state index is -0.863. The van der Waals surface area contributed by atoms with Crippen LogP contribution in [0.1, 0.15) is 128 Å². The molecule has 47 heavy (non-hydrogen) atoms. The van der Waals surface area contributed by atoms with Gasteiger partial charge in [0, 0.05) is 17.6 Å². The van der Waals surface area contributed by atoms with Crippen molar-refractivity contribution in [2.45, 2.75) is 123 Å². The summed E-state index contributed by atoms with van der Waals surface area (Å²) in [5, 5.41) is 13.0. The Labute approximate surface area is 284 Å². The van der Waals surface area contributed by atoms with Gasteiger partial charge in [-0.1, -0.05) is 53.7 Å². The van der Waals surface area contributed by atoms with Crippen LogP contribution in [0.5, 0.6) is 0 Å². The first kappa shape index (κ1) is 34.7. The number of amides is 1. The molecule has 0 bridgehead atoms. The van der Waals surface area contributed by atoms with Crippen molar-refractivity contribution in [3.8, 4) is 0 Å². The molecule has 4 N–H and O–H groups in total. The lowest BCUT2D eigenvalue weighted by molar-refractivity contribution is -0.207. The molecule has 1 amide bonds. The van der Waals surface area contributed by atoms with Crippen LogP contribution in [-0.2, 0) is 4.74 Å². The number of nitrogens with one attached hydrogen (secondary N) is 1. The summed E-state index contributed by atoms with van der Waals surface area (Å²) in [7, 11) is 4.00. The molecule has 0 radical (unpaired) electrons. The topological polar surface area (TPSA) is 105 Å². The molecule has 6 rings (SSSR count). The molecule has 0 heterocycles. The van der Waals surface area contributed by atoms with E-state index in [1.54, 1.807) is 12.1 Å². The molecule has 7 heteroatoms. The average Bonchev–Trinajstić information content (AvgIpc) is 3.36. The summed E-state index contributed by atoms with van der Waals surface area (Å²) in [6, 6.07) is 7.71. The normalized spacial score (nSPS) is 42.2.